The highest BCUT2D eigenvalue weighted by Crippen LogP contribution is 2.32. The van der Waals surface area contributed by atoms with Gasteiger partial charge in [-0.1, -0.05) is 11.6 Å². The number of nitrogens with zero attached hydrogens (tertiary/aromatic N) is 4. The number of ether oxygens (including phenoxy) is 2. The zero-order chi connectivity index (χ0) is 26.4. The molecule has 11 heteroatoms. The van der Waals surface area contributed by atoms with E-state index in [1.165, 1.54) is 12.1 Å². The molecule has 4 rings (SSSR count). The first-order chi connectivity index (χ1) is 17.8. The number of piperazine rings is 1. The standard InChI is InChI=1S/C26H32ClFN4O5/c1-2-36-25-18-21(4-6-24(25)32(34)35)37-20-7-11-31(12-8-20)26(33)9-10-29-13-15-30(16-14-29)23-5-3-19(27)17-22(23)28/h3-6,17-18,20H,2,7-16H2,1H3. The number of carbonyl (C=O) groups is 1. The van der Waals surface area contributed by atoms with Gasteiger partial charge in [-0.15, -0.1) is 0 Å². The van der Waals surface area contributed by atoms with E-state index in [1.807, 2.05) is 9.80 Å². The fraction of sp³-hybridized carbons (Fsp3) is 0.500. The first-order valence-electron chi connectivity index (χ1n) is 12.6. The lowest BCUT2D eigenvalue weighted by atomic mass is 10.1. The molecule has 2 aromatic rings. The molecule has 37 heavy (non-hydrogen) atoms. The summed E-state index contributed by atoms with van der Waals surface area (Å²) in [6.07, 6.45) is 1.76. The van der Waals surface area contributed by atoms with Gasteiger partial charge in [-0.05, 0) is 31.2 Å². The van der Waals surface area contributed by atoms with E-state index in [2.05, 4.69) is 4.90 Å². The maximum absolute atomic E-state index is 14.2. The number of hydrogen-bond donors (Lipinski definition) is 0. The SMILES string of the molecule is CCOc1cc(OC2CCN(C(=O)CCN3CCN(c4ccc(Cl)cc4F)CC3)CC2)ccc1[N+](=O)[O-]. The third-order valence-corrected chi connectivity index (χ3v) is 7.02. The molecular weight excluding hydrogens is 503 g/mol. The molecule has 2 aliphatic heterocycles. The van der Waals surface area contributed by atoms with Crippen LogP contribution in [-0.4, -0.2) is 79.2 Å². The number of nitro benzene ring substituents is 1. The summed E-state index contributed by atoms with van der Waals surface area (Å²) in [5, 5.41) is 11.6. The van der Waals surface area contributed by atoms with Gasteiger partial charge in [0.1, 0.15) is 17.7 Å². The molecule has 0 saturated carbocycles. The average Bonchev–Trinajstić information content (AvgIpc) is 2.88. The van der Waals surface area contributed by atoms with Gasteiger partial charge in [-0.2, -0.15) is 0 Å². The molecule has 0 bridgehead atoms. The van der Waals surface area contributed by atoms with Crippen LogP contribution in [0.15, 0.2) is 36.4 Å². The minimum atomic E-state index is -0.474. The van der Waals surface area contributed by atoms with E-state index in [4.69, 9.17) is 21.1 Å². The normalized spacial score (nSPS) is 17.1. The van der Waals surface area contributed by atoms with E-state index in [-0.39, 0.29) is 29.3 Å². The molecular formula is C26H32ClFN4O5. The highest BCUT2D eigenvalue weighted by atomic mass is 35.5. The molecule has 9 nitrogen and oxygen atoms in total. The minimum Gasteiger partial charge on any atom is -0.490 e. The van der Waals surface area contributed by atoms with Gasteiger partial charge >= 0.3 is 5.69 Å². The molecule has 200 valence electrons. The number of halogens is 2. The Morgan fingerprint density at radius 3 is 2.49 bits per heavy atom. The monoisotopic (exact) mass is 534 g/mol. The number of hydrogen-bond acceptors (Lipinski definition) is 7. The van der Waals surface area contributed by atoms with E-state index >= 15 is 0 Å². The number of rotatable bonds is 9. The fourth-order valence-electron chi connectivity index (χ4n) is 4.77. The second kappa shape index (κ2) is 12.4. The Labute approximate surface area is 220 Å². The maximum atomic E-state index is 14.2. The topological polar surface area (TPSA) is 88.4 Å². The molecule has 1 amide bonds. The van der Waals surface area contributed by atoms with Crippen molar-refractivity contribution in [2.24, 2.45) is 0 Å². The van der Waals surface area contributed by atoms with Crippen LogP contribution in [0.25, 0.3) is 0 Å². The van der Waals surface area contributed by atoms with Crippen molar-refractivity contribution in [1.29, 1.82) is 0 Å². The van der Waals surface area contributed by atoms with Crippen molar-refractivity contribution < 1.29 is 23.6 Å². The van der Waals surface area contributed by atoms with Crippen molar-refractivity contribution in [3.05, 3.63) is 57.4 Å². The Morgan fingerprint density at radius 2 is 1.84 bits per heavy atom. The molecule has 0 unspecified atom stereocenters. The van der Waals surface area contributed by atoms with Gasteiger partial charge in [-0.25, -0.2) is 4.39 Å². The van der Waals surface area contributed by atoms with Gasteiger partial charge in [0.05, 0.1) is 17.2 Å². The highest BCUT2D eigenvalue weighted by molar-refractivity contribution is 6.30. The summed E-state index contributed by atoms with van der Waals surface area (Å²) in [5.74, 6) is 0.526. The molecule has 0 aromatic heterocycles. The van der Waals surface area contributed by atoms with Crippen LogP contribution in [0.3, 0.4) is 0 Å². The van der Waals surface area contributed by atoms with Crippen molar-refractivity contribution in [3.63, 3.8) is 0 Å². The van der Waals surface area contributed by atoms with Gasteiger partial charge in [0.2, 0.25) is 11.7 Å². The van der Waals surface area contributed by atoms with Crippen molar-refractivity contribution >= 4 is 28.9 Å². The number of likely N-dealkylation sites (tertiary alicyclic amines) is 1. The van der Waals surface area contributed by atoms with Crippen molar-refractivity contribution in [2.75, 3.05) is 57.3 Å². The summed E-state index contributed by atoms with van der Waals surface area (Å²) in [6, 6.07) is 9.28. The van der Waals surface area contributed by atoms with Crippen molar-refractivity contribution in [3.8, 4) is 11.5 Å². The average molecular weight is 535 g/mol. The van der Waals surface area contributed by atoms with E-state index in [9.17, 15) is 19.3 Å². The lowest BCUT2D eigenvalue weighted by Gasteiger charge is -2.37. The number of carbonyl (C=O) groups excluding carboxylic acids is 1. The summed E-state index contributed by atoms with van der Waals surface area (Å²) in [6.45, 7) is 6.92. The first-order valence-corrected chi connectivity index (χ1v) is 13.0. The lowest BCUT2D eigenvalue weighted by Crippen LogP contribution is -2.48. The lowest BCUT2D eigenvalue weighted by molar-refractivity contribution is -0.385. The van der Waals surface area contributed by atoms with Crippen LogP contribution in [0.1, 0.15) is 26.2 Å². The summed E-state index contributed by atoms with van der Waals surface area (Å²) < 4.78 is 25.6. The predicted molar refractivity (Wildman–Crippen MR) is 139 cm³/mol. The Bertz CT molecular complexity index is 1100. The number of nitro groups is 1. The summed E-state index contributed by atoms with van der Waals surface area (Å²) >= 11 is 5.85. The van der Waals surface area contributed by atoms with Crippen LogP contribution >= 0.6 is 11.6 Å². The van der Waals surface area contributed by atoms with Gasteiger partial charge in [0.15, 0.2) is 0 Å². The van der Waals surface area contributed by atoms with E-state index in [1.54, 1.807) is 31.2 Å². The Kier molecular flexibility index (Phi) is 9.04. The van der Waals surface area contributed by atoms with Crippen molar-refractivity contribution in [2.45, 2.75) is 32.3 Å². The fourth-order valence-corrected chi connectivity index (χ4v) is 4.93. The van der Waals surface area contributed by atoms with Gasteiger partial charge < -0.3 is 19.3 Å². The number of piperidine rings is 1. The van der Waals surface area contributed by atoms with Crippen molar-refractivity contribution in [1.82, 2.24) is 9.80 Å². The van der Waals surface area contributed by atoms with Crippen LogP contribution in [0.5, 0.6) is 11.5 Å². The highest BCUT2D eigenvalue weighted by Gasteiger charge is 2.26. The van der Waals surface area contributed by atoms with Crippen LogP contribution in [0.4, 0.5) is 15.8 Å². The van der Waals surface area contributed by atoms with Crippen LogP contribution in [-0.2, 0) is 4.79 Å². The summed E-state index contributed by atoms with van der Waals surface area (Å²) in [4.78, 5) is 29.6. The zero-order valence-corrected chi connectivity index (χ0v) is 21.7. The smallest absolute Gasteiger partial charge is 0.311 e. The number of benzene rings is 2. The molecule has 2 aromatic carbocycles. The minimum absolute atomic E-state index is 0.0682. The van der Waals surface area contributed by atoms with E-state index in [0.29, 0.717) is 75.1 Å². The van der Waals surface area contributed by atoms with E-state index < -0.39 is 4.92 Å². The largest absolute Gasteiger partial charge is 0.490 e. The predicted octanol–water partition coefficient (Wildman–Crippen LogP) is 4.37. The van der Waals surface area contributed by atoms with Gasteiger partial charge in [-0.3, -0.25) is 19.8 Å². The molecule has 2 fully saturated rings. The zero-order valence-electron chi connectivity index (χ0n) is 20.9. The molecule has 0 radical (unpaired) electrons. The van der Waals surface area contributed by atoms with Crippen LogP contribution in [0, 0.1) is 15.9 Å². The molecule has 2 heterocycles. The Balaban J connectivity index is 1.19. The molecule has 0 spiro atoms. The van der Waals surface area contributed by atoms with Crippen LogP contribution in [0.2, 0.25) is 5.02 Å². The number of amides is 1. The summed E-state index contributed by atoms with van der Waals surface area (Å²) in [5.41, 5.74) is 0.473. The summed E-state index contributed by atoms with van der Waals surface area (Å²) in [7, 11) is 0. The van der Waals surface area contributed by atoms with E-state index in [0.717, 1.165) is 13.1 Å². The Hall–Kier alpha value is -3.11. The molecule has 0 atom stereocenters. The number of anilines is 1. The second-order valence-electron chi connectivity index (χ2n) is 9.19. The second-order valence-corrected chi connectivity index (χ2v) is 9.63. The van der Waals surface area contributed by atoms with Gasteiger partial charge in [0, 0.05) is 82.2 Å². The molecule has 2 aliphatic rings. The molecule has 0 N–H and O–H groups in total. The molecule has 0 aliphatic carbocycles. The maximum Gasteiger partial charge on any atom is 0.311 e. The first kappa shape index (κ1) is 26.9. The Morgan fingerprint density at radius 1 is 1.11 bits per heavy atom. The quantitative estimate of drug-likeness (QED) is 0.349. The third kappa shape index (κ3) is 7.01. The molecule has 2 saturated heterocycles. The van der Waals surface area contributed by atoms with Crippen LogP contribution < -0.4 is 14.4 Å². The van der Waals surface area contributed by atoms with Gasteiger partial charge in [0.25, 0.3) is 0 Å². The third-order valence-electron chi connectivity index (χ3n) is 6.79.